The van der Waals surface area contributed by atoms with Crippen LogP contribution >= 0.6 is 0 Å². The summed E-state index contributed by atoms with van der Waals surface area (Å²) in [5, 5.41) is 13.7. The van der Waals surface area contributed by atoms with Crippen LogP contribution < -0.4 is 11.1 Å². The molecule has 1 rings (SSSR count). The van der Waals surface area contributed by atoms with Gasteiger partial charge in [-0.2, -0.15) is 0 Å². The van der Waals surface area contributed by atoms with Crippen LogP contribution in [0.2, 0.25) is 0 Å². The van der Waals surface area contributed by atoms with Crippen LogP contribution in [0.4, 0.5) is 11.4 Å². The highest BCUT2D eigenvalue weighted by molar-refractivity contribution is 5.70. The van der Waals surface area contributed by atoms with E-state index in [1.807, 2.05) is 26.8 Å². The molecule has 0 aliphatic rings. The van der Waals surface area contributed by atoms with E-state index < -0.39 is 0 Å². The zero-order valence-corrected chi connectivity index (χ0v) is 11.1. The van der Waals surface area contributed by atoms with Crippen molar-refractivity contribution >= 4 is 17.3 Å². The molecule has 0 unspecified atom stereocenters. The average Bonchev–Trinajstić information content (AvgIpc) is 2.22. The third-order valence-corrected chi connectivity index (χ3v) is 2.18. The second-order valence-corrected chi connectivity index (χ2v) is 3.85. The van der Waals surface area contributed by atoms with Gasteiger partial charge in [0.05, 0.1) is 4.92 Å². The second-order valence-electron chi connectivity index (χ2n) is 3.85. The molecule has 0 spiro atoms. The third kappa shape index (κ3) is 5.29. The molecule has 1 aromatic rings. The van der Waals surface area contributed by atoms with E-state index in [4.69, 9.17) is 0 Å². The highest BCUT2D eigenvalue weighted by atomic mass is 16.6. The van der Waals surface area contributed by atoms with Crippen LogP contribution in [0.5, 0.6) is 0 Å². The Labute approximate surface area is 106 Å². The lowest BCUT2D eigenvalue weighted by Gasteiger charge is -2.07. The van der Waals surface area contributed by atoms with Crippen LogP contribution in [0.3, 0.4) is 0 Å². The van der Waals surface area contributed by atoms with Crippen molar-refractivity contribution in [2.24, 2.45) is 5.73 Å². The Morgan fingerprint density at radius 3 is 2.22 bits per heavy atom. The number of rotatable bonds is 3. The van der Waals surface area contributed by atoms with Crippen LogP contribution in [0, 0.1) is 24.0 Å². The first-order chi connectivity index (χ1) is 8.29. The molecule has 0 heterocycles. The monoisotopic (exact) mass is 253 g/mol. The van der Waals surface area contributed by atoms with Crippen LogP contribution in [0.1, 0.15) is 25.0 Å². The molecule has 0 atom stereocenters. The molecule has 1 aromatic carbocycles. The molecule has 0 radical (unpaired) electrons. The maximum atomic E-state index is 10.7. The van der Waals surface area contributed by atoms with Gasteiger partial charge in [-0.15, -0.1) is 0 Å². The van der Waals surface area contributed by atoms with Crippen molar-refractivity contribution in [3.8, 4) is 0 Å². The topological polar surface area (TPSA) is 98.3 Å². The van der Waals surface area contributed by atoms with Crippen molar-refractivity contribution in [1.29, 1.82) is 0 Å². The number of nitro groups is 1. The number of nitrogens with zero attached hydrogens (tertiary/aromatic N) is 1. The summed E-state index contributed by atoms with van der Waals surface area (Å²) in [6.07, 6.45) is 0. The molecule has 0 saturated heterocycles. The van der Waals surface area contributed by atoms with Gasteiger partial charge in [0.25, 0.3) is 5.69 Å². The van der Waals surface area contributed by atoms with Crippen LogP contribution in [-0.2, 0) is 4.79 Å². The Morgan fingerprint density at radius 2 is 1.83 bits per heavy atom. The summed E-state index contributed by atoms with van der Waals surface area (Å²) in [5.74, 6) is -0.333. The minimum absolute atomic E-state index is 0.148. The maximum Gasteiger partial charge on any atom is 0.292 e. The molecule has 6 heteroatoms. The first kappa shape index (κ1) is 15.9. The number of carbonyl (C=O) groups excluding carboxylic acids is 1. The van der Waals surface area contributed by atoms with Gasteiger partial charge >= 0.3 is 0 Å². The van der Waals surface area contributed by atoms with Crippen LogP contribution in [-0.4, -0.2) is 17.4 Å². The number of amides is 1. The van der Waals surface area contributed by atoms with Crippen molar-refractivity contribution in [3.05, 3.63) is 33.4 Å². The van der Waals surface area contributed by atoms with Gasteiger partial charge in [0, 0.05) is 19.5 Å². The normalized spacial score (nSPS) is 9.11. The molecule has 3 N–H and O–H groups in total. The van der Waals surface area contributed by atoms with Crippen molar-refractivity contribution in [1.82, 2.24) is 0 Å². The van der Waals surface area contributed by atoms with E-state index in [2.05, 4.69) is 11.1 Å². The van der Waals surface area contributed by atoms with Crippen molar-refractivity contribution < 1.29 is 9.72 Å². The SMILES string of the molecule is CC(N)=O.CCNc1cc(C)c(C)cc1[N+](=O)[O-]. The number of nitro benzene ring substituents is 1. The molecule has 0 bridgehead atoms. The van der Waals surface area contributed by atoms with E-state index in [9.17, 15) is 14.9 Å². The van der Waals surface area contributed by atoms with Gasteiger partial charge in [0.15, 0.2) is 0 Å². The molecule has 100 valence electrons. The Hall–Kier alpha value is -2.11. The van der Waals surface area contributed by atoms with E-state index >= 15 is 0 Å². The van der Waals surface area contributed by atoms with Gasteiger partial charge < -0.3 is 11.1 Å². The first-order valence-electron chi connectivity index (χ1n) is 5.55. The lowest BCUT2D eigenvalue weighted by molar-refractivity contribution is -0.384. The highest BCUT2D eigenvalue weighted by Gasteiger charge is 2.14. The van der Waals surface area contributed by atoms with Crippen molar-refractivity contribution in [2.75, 3.05) is 11.9 Å². The van der Waals surface area contributed by atoms with E-state index in [0.29, 0.717) is 12.2 Å². The second kappa shape index (κ2) is 7.26. The van der Waals surface area contributed by atoms with Crippen molar-refractivity contribution in [3.63, 3.8) is 0 Å². The minimum Gasteiger partial charge on any atom is -0.380 e. The fourth-order valence-electron chi connectivity index (χ4n) is 1.28. The van der Waals surface area contributed by atoms with E-state index in [1.165, 1.54) is 6.92 Å². The Bertz CT molecular complexity index is 440. The smallest absolute Gasteiger partial charge is 0.292 e. The van der Waals surface area contributed by atoms with E-state index in [-0.39, 0.29) is 16.5 Å². The summed E-state index contributed by atoms with van der Waals surface area (Å²) in [6.45, 7) is 7.72. The minimum atomic E-state index is -0.357. The predicted octanol–water partition coefficient (Wildman–Crippen LogP) is 2.14. The quantitative estimate of drug-likeness (QED) is 0.636. The Balaban J connectivity index is 0.000000631. The fraction of sp³-hybridized carbons (Fsp3) is 0.417. The summed E-state index contributed by atoms with van der Waals surface area (Å²) in [7, 11) is 0. The van der Waals surface area contributed by atoms with Gasteiger partial charge in [-0.05, 0) is 38.0 Å². The van der Waals surface area contributed by atoms with E-state index in [0.717, 1.165) is 11.1 Å². The maximum absolute atomic E-state index is 10.7. The standard InChI is InChI=1S/C10H14N2O2.C2H5NO/c1-4-11-9-5-7(2)8(3)6-10(9)12(13)14;1-2(3)4/h5-6,11H,4H2,1-3H3;1H3,(H2,3,4). The Kier molecular flexibility index (Phi) is 6.41. The number of primary amides is 1. The molecule has 0 fully saturated rings. The molecule has 0 aromatic heterocycles. The summed E-state index contributed by atoms with van der Waals surface area (Å²) in [6, 6.07) is 3.42. The molecule has 0 saturated carbocycles. The predicted molar refractivity (Wildman–Crippen MR) is 71.6 cm³/mol. The van der Waals surface area contributed by atoms with Crippen LogP contribution in [0.25, 0.3) is 0 Å². The number of aryl methyl sites for hydroxylation is 2. The summed E-state index contributed by atoms with van der Waals surface area (Å²) in [4.78, 5) is 19.6. The third-order valence-electron chi connectivity index (χ3n) is 2.18. The number of anilines is 1. The lowest BCUT2D eigenvalue weighted by Crippen LogP contribution is -2.02. The van der Waals surface area contributed by atoms with E-state index in [1.54, 1.807) is 6.07 Å². The molecule has 0 aliphatic heterocycles. The molecule has 18 heavy (non-hydrogen) atoms. The molecule has 1 amide bonds. The zero-order chi connectivity index (χ0) is 14.3. The summed E-state index contributed by atoms with van der Waals surface area (Å²) < 4.78 is 0. The first-order valence-corrected chi connectivity index (χ1v) is 5.55. The zero-order valence-electron chi connectivity index (χ0n) is 11.1. The van der Waals surface area contributed by atoms with Gasteiger partial charge in [-0.1, -0.05) is 0 Å². The average molecular weight is 253 g/mol. The number of hydrogen-bond donors (Lipinski definition) is 2. The summed E-state index contributed by atoms with van der Waals surface area (Å²) >= 11 is 0. The van der Waals surface area contributed by atoms with Gasteiger partial charge in [-0.3, -0.25) is 14.9 Å². The van der Waals surface area contributed by atoms with Gasteiger partial charge in [-0.25, -0.2) is 0 Å². The lowest BCUT2D eigenvalue weighted by atomic mass is 10.1. The highest BCUT2D eigenvalue weighted by Crippen LogP contribution is 2.27. The van der Waals surface area contributed by atoms with Gasteiger partial charge in [0.2, 0.25) is 5.91 Å². The van der Waals surface area contributed by atoms with Gasteiger partial charge in [0.1, 0.15) is 5.69 Å². The fourth-order valence-corrected chi connectivity index (χ4v) is 1.28. The summed E-state index contributed by atoms with van der Waals surface area (Å²) in [5.41, 5.74) is 7.22. The number of nitrogens with two attached hydrogens (primary N) is 1. The Morgan fingerprint density at radius 1 is 1.39 bits per heavy atom. The molecular formula is C12H19N3O3. The number of hydrogen-bond acceptors (Lipinski definition) is 4. The van der Waals surface area contributed by atoms with Crippen molar-refractivity contribution in [2.45, 2.75) is 27.7 Å². The molecule has 0 aliphatic carbocycles. The molecular weight excluding hydrogens is 234 g/mol. The number of nitrogens with one attached hydrogen (secondary N) is 1. The number of carbonyl (C=O) groups is 1. The van der Waals surface area contributed by atoms with Crippen LogP contribution in [0.15, 0.2) is 12.1 Å². The molecule has 6 nitrogen and oxygen atoms in total. The largest absolute Gasteiger partial charge is 0.380 e. The number of benzene rings is 1.